The summed E-state index contributed by atoms with van der Waals surface area (Å²) in [6.45, 7) is 4.93. The number of ether oxygens (including phenoxy) is 2. The summed E-state index contributed by atoms with van der Waals surface area (Å²) in [5.41, 5.74) is 1.21. The van der Waals surface area contributed by atoms with E-state index >= 15 is 0 Å². The van der Waals surface area contributed by atoms with Gasteiger partial charge < -0.3 is 14.8 Å². The van der Waals surface area contributed by atoms with Gasteiger partial charge in [0.25, 0.3) is 5.91 Å². The summed E-state index contributed by atoms with van der Waals surface area (Å²) in [7, 11) is 1.59. The van der Waals surface area contributed by atoms with Crippen LogP contribution in [0.5, 0.6) is 11.5 Å². The molecule has 0 aliphatic rings. The van der Waals surface area contributed by atoms with Gasteiger partial charge in [-0.25, -0.2) is 0 Å². The molecule has 2 aromatic carbocycles. The van der Waals surface area contributed by atoms with Crippen LogP contribution in [0.3, 0.4) is 0 Å². The number of halogens is 1. The minimum atomic E-state index is -0.301. The molecular weight excluding hydrogens is 428 g/mol. The molecule has 2 N–H and O–H groups in total. The topological polar surface area (TPSA) is 59.6 Å². The number of hydrogen-bond acceptors (Lipinski definition) is 4. The average molecular weight is 451 g/mol. The monoisotopic (exact) mass is 450 g/mol. The highest BCUT2D eigenvalue weighted by atomic mass is 79.9. The predicted octanol–water partition coefficient (Wildman–Crippen LogP) is 5.01. The Bertz CT molecular complexity index is 812. The van der Waals surface area contributed by atoms with E-state index in [1.165, 1.54) is 0 Å². The number of nitrogens with one attached hydrogen (secondary N) is 2. The highest BCUT2D eigenvalue weighted by Crippen LogP contribution is 2.26. The first-order valence-electron chi connectivity index (χ1n) is 8.57. The van der Waals surface area contributed by atoms with Crippen molar-refractivity contribution in [2.45, 2.75) is 20.3 Å². The van der Waals surface area contributed by atoms with Crippen molar-refractivity contribution in [3.8, 4) is 11.5 Å². The van der Waals surface area contributed by atoms with Crippen LogP contribution in [0.25, 0.3) is 0 Å². The van der Waals surface area contributed by atoms with E-state index in [0.29, 0.717) is 29.6 Å². The molecular formula is C20H23BrN2O3S. The average Bonchev–Trinajstić information content (AvgIpc) is 2.62. The maximum atomic E-state index is 12.4. The normalized spacial score (nSPS) is 10.4. The zero-order chi connectivity index (χ0) is 19.8. The van der Waals surface area contributed by atoms with Crippen LogP contribution >= 0.6 is 28.1 Å². The van der Waals surface area contributed by atoms with Crippen LogP contribution in [0.1, 0.15) is 30.6 Å². The van der Waals surface area contributed by atoms with Gasteiger partial charge in [0.05, 0.1) is 18.2 Å². The molecule has 7 heteroatoms. The van der Waals surface area contributed by atoms with Crippen LogP contribution in [-0.4, -0.2) is 24.7 Å². The molecule has 0 heterocycles. The summed E-state index contributed by atoms with van der Waals surface area (Å²) >= 11 is 8.66. The Morgan fingerprint density at radius 3 is 2.67 bits per heavy atom. The number of hydrogen-bond donors (Lipinski definition) is 2. The summed E-state index contributed by atoms with van der Waals surface area (Å²) in [5, 5.41) is 5.84. The molecule has 0 bridgehead atoms. The second-order valence-corrected chi connectivity index (χ2v) is 7.58. The first-order valence-corrected chi connectivity index (χ1v) is 9.78. The Morgan fingerprint density at radius 2 is 2.00 bits per heavy atom. The van der Waals surface area contributed by atoms with Crippen molar-refractivity contribution in [2.75, 3.05) is 19.0 Å². The zero-order valence-corrected chi connectivity index (χ0v) is 17.9. The fourth-order valence-corrected chi connectivity index (χ4v) is 2.91. The fourth-order valence-electron chi connectivity index (χ4n) is 2.20. The number of anilines is 1. The van der Waals surface area contributed by atoms with Crippen molar-refractivity contribution in [3.63, 3.8) is 0 Å². The molecule has 27 heavy (non-hydrogen) atoms. The molecule has 0 saturated carbocycles. The number of rotatable bonds is 7. The molecule has 0 aromatic heterocycles. The third-order valence-corrected chi connectivity index (χ3v) is 4.53. The summed E-state index contributed by atoms with van der Waals surface area (Å²) < 4.78 is 11.6. The number of thiocarbonyl (C=S) groups is 1. The molecule has 0 atom stereocenters. The van der Waals surface area contributed by atoms with Gasteiger partial charge in [-0.15, -0.1) is 0 Å². The Balaban J connectivity index is 1.94. The van der Waals surface area contributed by atoms with Crippen molar-refractivity contribution in [2.24, 2.45) is 5.92 Å². The van der Waals surface area contributed by atoms with E-state index in [1.54, 1.807) is 31.4 Å². The molecule has 0 saturated heterocycles. The smallest absolute Gasteiger partial charge is 0.257 e. The molecule has 5 nitrogen and oxygen atoms in total. The van der Waals surface area contributed by atoms with Gasteiger partial charge in [-0.1, -0.05) is 19.9 Å². The van der Waals surface area contributed by atoms with Gasteiger partial charge in [0.1, 0.15) is 11.5 Å². The second kappa shape index (κ2) is 10.3. The minimum Gasteiger partial charge on any atom is -0.497 e. The fraction of sp³-hybridized carbons (Fsp3) is 0.300. The molecule has 0 aliphatic carbocycles. The number of carbonyl (C=O) groups is 1. The number of amides is 1. The van der Waals surface area contributed by atoms with Gasteiger partial charge in [-0.05, 0) is 70.8 Å². The van der Waals surface area contributed by atoms with Crippen molar-refractivity contribution in [1.29, 1.82) is 0 Å². The molecule has 1 amide bonds. The lowest BCUT2D eigenvalue weighted by molar-refractivity contribution is 0.0977. The van der Waals surface area contributed by atoms with E-state index in [0.717, 1.165) is 16.6 Å². The maximum Gasteiger partial charge on any atom is 0.257 e. The summed E-state index contributed by atoms with van der Waals surface area (Å²) in [6, 6.07) is 12.5. The summed E-state index contributed by atoms with van der Waals surface area (Å²) in [4.78, 5) is 12.4. The molecule has 2 aromatic rings. The minimum absolute atomic E-state index is 0.210. The summed E-state index contributed by atoms with van der Waals surface area (Å²) in [5.74, 6) is 1.69. The Hall–Kier alpha value is -2.12. The van der Waals surface area contributed by atoms with Gasteiger partial charge in [0.2, 0.25) is 0 Å². The van der Waals surface area contributed by atoms with E-state index in [1.807, 2.05) is 18.2 Å². The van der Waals surface area contributed by atoms with E-state index in [9.17, 15) is 4.79 Å². The van der Waals surface area contributed by atoms with E-state index in [2.05, 4.69) is 40.4 Å². The predicted molar refractivity (Wildman–Crippen MR) is 116 cm³/mol. The van der Waals surface area contributed by atoms with Gasteiger partial charge >= 0.3 is 0 Å². The van der Waals surface area contributed by atoms with Crippen LogP contribution < -0.4 is 20.1 Å². The van der Waals surface area contributed by atoms with Gasteiger partial charge in [-0.3, -0.25) is 10.1 Å². The van der Waals surface area contributed by atoms with Crippen LogP contribution in [0.2, 0.25) is 0 Å². The van der Waals surface area contributed by atoms with E-state index in [-0.39, 0.29) is 11.0 Å². The number of carbonyl (C=O) groups excluding carboxylic acids is 1. The van der Waals surface area contributed by atoms with Crippen LogP contribution in [0, 0.1) is 5.92 Å². The molecule has 0 fully saturated rings. The highest BCUT2D eigenvalue weighted by Gasteiger charge is 2.11. The van der Waals surface area contributed by atoms with Crippen molar-refractivity contribution >= 4 is 44.9 Å². The van der Waals surface area contributed by atoms with Crippen LogP contribution in [0.4, 0.5) is 5.69 Å². The van der Waals surface area contributed by atoms with Crippen molar-refractivity contribution in [1.82, 2.24) is 5.32 Å². The van der Waals surface area contributed by atoms with Crippen LogP contribution in [0.15, 0.2) is 46.9 Å². The Kier molecular flexibility index (Phi) is 8.06. The zero-order valence-electron chi connectivity index (χ0n) is 15.5. The van der Waals surface area contributed by atoms with E-state index in [4.69, 9.17) is 21.7 Å². The standard InChI is InChI=1S/C20H23BrN2O3S/c1-13(2)9-10-26-18-8-7-14(11-17(18)21)19(24)23-20(27)22-15-5-4-6-16(12-15)25-3/h4-8,11-13H,9-10H2,1-3H3,(H2,22,23,24,27). The number of benzene rings is 2. The molecule has 0 aliphatic heterocycles. The SMILES string of the molecule is COc1cccc(NC(=S)NC(=O)c2ccc(OCCC(C)C)c(Br)c2)c1. The van der Waals surface area contributed by atoms with E-state index < -0.39 is 0 Å². The third kappa shape index (κ3) is 6.84. The molecule has 0 spiro atoms. The van der Waals surface area contributed by atoms with Gasteiger partial charge in [-0.2, -0.15) is 0 Å². The van der Waals surface area contributed by atoms with Gasteiger partial charge in [0, 0.05) is 17.3 Å². The molecule has 144 valence electrons. The first kappa shape index (κ1) is 21.2. The second-order valence-electron chi connectivity index (χ2n) is 6.32. The molecule has 2 rings (SSSR count). The van der Waals surface area contributed by atoms with Crippen LogP contribution in [-0.2, 0) is 0 Å². The lowest BCUT2D eigenvalue weighted by Gasteiger charge is -2.12. The molecule has 0 unspecified atom stereocenters. The quantitative estimate of drug-likeness (QED) is 0.580. The number of methoxy groups -OCH3 is 1. The summed E-state index contributed by atoms with van der Waals surface area (Å²) in [6.07, 6.45) is 0.971. The highest BCUT2D eigenvalue weighted by molar-refractivity contribution is 9.10. The maximum absolute atomic E-state index is 12.4. The lowest BCUT2D eigenvalue weighted by Crippen LogP contribution is -2.34. The largest absolute Gasteiger partial charge is 0.497 e. The van der Waals surface area contributed by atoms with Crippen molar-refractivity contribution < 1.29 is 14.3 Å². The van der Waals surface area contributed by atoms with Crippen molar-refractivity contribution in [3.05, 3.63) is 52.5 Å². The Morgan fingerprint density at radius 1 is 1.22 bits per heavy atom. The Labute approximate surface area is 173 Å². The molecule has 0 radical (unpaired) electrons. The first-order chi connectivity index (χ1) is 12.9. The third-order valence-electron chi connectivity index (χ3n) is 3.70. The van der Waals surface area contributed by atoms with Gasteiger partial charge in [0.15, 0.2) is 5.11 Å². The lowest BCUT2D eigenvalue weighted by atomic mass is 10.1.